The fraction of sp³-hybridized carbons (Fsp3) is 0.300. The molecule has 1 aliphatic heterocycles. The van der Waals surface area contributed by atoms with E-state index in [1.165, 1.54) is 5.56 Å². The van der Waals surface area contributed by atoms with Gasteiger partial charge in [-0.15, -0.1) is 0 Å². The van der Waals surface area contributed by atoms with E-state index >= 15 is 0 Å². The van der Waals surface area contributed by atoms with Crippen molar-refractivity contribution in [1.82, 2.24) is 9.55 Å². The molecule has 0 N–H and O–H groups in total. The molecule has 1 unspecified atom stereocenters. The molecule has 0 saturated carbocycles. The smallest absolute Gasteiger partial charge is 0.262 e. The van der Waals surface area contributed by atoms with Crippen LogP contribution in [-0.2, 0) is 17.0 Å². The quantitative estimate of drug-likeness (QED) is 0.477. The fourth-order valence-corrected chi connectivity index (χ4v) is 4.29. The number of nitrogens with zero attached hydrogens (tertiary/aromatic N) is 2. The summed E-state index contributed by atoms with van der Waals surface area (Å²) < 4.78 is 7.51. The van der Waals surface area contributed by atoms with E-state index in [-0.39, 0.29) is 11.7 Å². The van der Waals surface area contributed by atoms with E-state index in [1.807, 2.05) is 18.2 Å². The summed E-state index contributed by atoms with van der Waals surface area (Å²) in [6.45, 7) is 1.31. The van der Waals surface area contributed by atoms with Crippen molar-refractivity contribution in [3.05, 3.63) is 69.5 Å². The molecular weight excluding hydrogens is 368 g/mol. The van der Waals surface area contributed by atoms with Crippen molar-refractivity contribution in [2.24, 2.45) is 0 Å². The molecule has 0 radical (unpaired) electrons. The Bertz CT molecular complexity index is 969. The average molecular weight is 387 g/mol. The van der Waals surface area contributed by atoms with Crippen molar-refractivity contribution < 1.29 is 4.74 Å². The molecule has 4 rings (SSSR count). The first-order valence-corrected chi connectivity index (χ1v) is 10.1. The predicted molar refractivity (Wildman–Crippen MR) is 106 cm³/mol. The molecule has 0 bridgehead atoms. The highest BCUT2D eigenvalue weighted by atomic mass is 35.5. The van der Waals surface area contributed by atoms with Gasteiger partial charge in [0.15, 0.2) is 5.16 Å². The summed E-state index contributed by atoms with van der Waals surface area (Å²) in [5.41, 5.74) is 1.81. The van der Waals surface area contributed by atoms with Crippen molar-refractivity contribution in [2.75, 3.05) is 6.61 Å². The van der Waals surface area contributed by atoms with Crippen LogP contribution in [0.5, 0.6) is 0 Å². The molecule has 2 aromatic carbocycles. The van der Waals surface area contributed by atoms with E-state index in [0.717, 1.165) is 25.2 Å². The minimum atomic E-state index is -0.0299. The summed E-state index contributed by atoms with van der Waals surface area (Å²) in [7, 11) is 0. The number of halogens is 1. The molecule has 134 valence electrons. The summed E-state index contributed by atoms with van der Waals surface area (Å²) in [6.07, 6.45) is 2.10. The number of hydrogen-bond acceptors (Lipinski definition) is 4. The molecule has 0 spiro atoms. The maximum atomic E-state index is 13.1. The minimum Gasteiger partial charge on any atom is -0.376 e. The summed E-state index contributed by atoms with van der Waals surface area (Å²) in [4.78, 5) is 17.8. The van der Waals surface area contributed by atoms with Crippen LogP contribution in [0.3, 0.4) is 0 Å². The molecular formula is C20H19ClN2O2S. The maximum absolute atomic E-state index is 13.1. The van der Waals surface area contributed by atoms with Crippen LogP contribution in [0.2, 0.25) is 5.02 Å². The van der Waals surface area contributed by atoms with Crippen molar-refractivity contribution in [2.45, 2.75) is 36.4 Å². The molecule has 1 fully saturated rings. The van der Waals surface area contributed by atoms with Gasteiger partial charge in [0.05, 0.1) is 23.6 Å². The second kappa shape index (κ2) is 7.82. The molecule has 0 amide bonds. The number of rotatable bonds is 5. The van der Waals surface area contributed by atoms with E-state index in [2.05, 4.69) is 12.1 Å². The number of benzene rings is 2. The van der Waals surface area contributed by atoms with Gasteiger partial charge in [-0.05, 0) is 36.6 Å². The number of hydrogen-bond donors (Lipinski definition) is 0. The van der Waals surface area contributed by atoms with E-state index in [4.69, 9.17) is 21.3 Å². The van der Waals surface area contributed by atoms with Crippen LogP contribution in [0.4, 0.5) is 0 Å². The number of aromatic nitrogens is 2. The first-order valence-electron chi connectivity index (χ1n) is 8.69. The van der Waals surface area contributed by atoms with Gasteiger partial charge >= 0.3 is 0 Å². The number of ether oxygens (including phenoxy) is 1. The van der Waals surface area contributed by atoms with Gasteiger partial charge in [0.2, 0.25) is 0 Å². The zero-order valence-corrected chi connectivity index (χ0v) is 15.8. The van der Waals surface area contributed by atoms with Gasteiger partial charge in [-0.1, -0.05) is 53.7 Å². The van der Waals surface area contributed by atoms with Crippen molar-refractivity contribution in [3.8, 4) is 0 Å². The predicted octanol–water partition coefficient (Wildman–Crippen LogP) is 4.52. The maximum Gasteiger partial charge on any atom is 0.262 e. The van der Waals surface area contributed by atoms with Gasteiger partial charge in [-0.3, -0.25) is 9.36 Å². The lowest BCUT2D eigenvalue weighted by Crippen LogP contribution is -2.28. The molecule has 1 saturated heterocycles. The monoisotopic (exact) mass is 386 g/mol. The van der Waals surface area contributed by atoms with Gasteiger partial charge in [0.25, 0.3) is 5.56 Å². The lowest BCUT2D eigenvalue weighted by molar-refractivity contribution is 0.0937. The Labute approximate surface area is 161 Å². The average Bonchev–Trinajstić information content (AvgIpc) is 3.16. The molecule has 1 aromatic heterocycles. The lowest BCUT2D eigenvalue weighted by Gasteiger charge is -2.16. The third-order valence-corrected chi connectivity index (χ3v) is 5.79. The molecule has 1 atom stereocenters. The summed E-state index contributed by atoms with van der Waals surface area (Å²) in [5.74, 6) is 0.755. The van der Waals surface area contributed by atoms with Crippen LogP contribution in [0.1, 0.15) is 18.4 Å². The lowest BCUT2D eigenvalue weighted by atomic mass is 10.2. The Morgan fingerprint density at radius 2 is 2.08 bits per heavy atom. The zero-order valence-electron chi connectivity index (χ0n) is 14.2. The Morgan fingerprint density at radius 3 is 2.85 bits per heavy atom. The van der Waals surface area contributed by atoms with Crippen LogP contribution in [0.25, 0.3) is 10.9 Å². The van der Waals surface area contributed by atoms with Gasteiger partial charge in [-0.25, -0.2) is 4.98 Å². The third-order valence-electron chi connectivity index (χ3n) is 4.50. The summed E-state index contributed by atoms with van der Waals surface area (Å²) in [5, 5.41) is 1.89. The van der Waals surface area contributed by atoms with Crippen LogP contribution >= 0.6 is 23.4 Å². The van der Waals surface area contributed by atoms with Crippen molar-refractivity contribution in [1.29, 1.82) is 0 Å². The topological polar surface area (TPSA) is 44.1 Å². The first kappa shape index (κ1) is 17.6. The van der Waals surface area contributed by atoms with Crippen LogP contribution < -0.4 is 5.56 Å². The fourth-order valence-electron chi connectivity index (χ4n) is 3.16. The van der Waals surface area contributed by atoms with Gasteiger partial charge in [0.1, 0.15) is 0 Å². The Morgan fingerprint density at radius 1 is 1.23 bits per heavy atom. The van der Waals surface area contributed by atoms with Crippen LogP contribution in [0.15, 0.2) is 58.5 Å². The second-order valence-electron chi connectivity index (χ2n) is 6.38. The van der Waals surface area contributed by atoms with Gasteiger partial charge in [0, 0.05) is 17.4 Å². The normalized spacial score (nSPS) is 17.0. The van der Waals surface area contributed by atoms with Gasteiger partial charge in [-0.2, -0.15) is 0 Å². The van der Waals surface area contributed by atoms with E-state index in [9.17, 15) is 4.79 Å². The highest BCUT2D eigenvalue weighted by Crippen LogP contribution is 2.25. The molecule has 4 nitrogen and oxygen atoms in total. The molecule has 1 aliphatic rings. The number of thioether (sulfide) groups is 1. The third kappa shape index (κ3) is 3.80. The largest absolute Gasteiger partial charge is 0.376 e. The number of fused-ring (bicyclic) bond motifs is 1. The Balaban J connectivity index is 1.72. The highest BCUT2D eigenvalue weighted by Gasteiger charge is 2.20. The van der Waals surface area contributed by atoms with Crippen LogP contribution in [0, 0.1) is 0 Å². The molecule has 26 heavy (non-hydrogen) atoms. The molecule has 2 heterocycles. The van der Waals surface area contributed by atoms with E-state index in [1.54, 1.807) is 34.5 Å². The van der Waals surface area contributed by atoms with Gasteiger partial charge < -0.3 is 4.74 Å². The first-order chi connectivity index (χ1) is 12.7. The Kier molecular flexibility index (Phi) is 5.29. The Hall–Kier alpha value is -1.82. The highest BCUT2D eigenvalue weighted by molar-refractivity contribution is 7.98. The van der Waals surface area contributed by atoms with Crippen molar-refractivity contribution in [3.63, 3.8) is 0 Å². The minimum absolute atomic E-state index is 0.0299. The molecule has 0 aliphatic carbocycles. The molecule has 6 heteroatoms. The summed E-state index contributed by atoms with van der Waals surface area (Å²) >= 11 is 7.67. The van der Waals surface area contributed by atoms with E-state index in [0.29, 0.717) is 27.6 Å². The zero-order chi connectivity index (χ0) is 17.9. The standard InChI is InChI=1S/C20H19ClN2O2S/c21-15-8-9-17-18(11-15)22-20(26-13-14-5-2-1-3-6-14)23(19(17)24)12-16-7-4-10-25-16/h1-3,5-6,8-9,11,16H,4,7,10,12-13H2. The second-order valence-corrected chi connectivity index (χ2v) is 7.76. The SMILES string of the molecule is O=c1c2ccc(Cl)cc2nc(SCc2ccccc2)n1CC1CCCO1. The summed E-state index contributed by atoms with van der Waals surface area (Å²) in [6, 6.07) is 15.4. The van der Waals surface area contributed by atoms with Crippen LogP contribution in [-0.4, -0.2) is 22.3 Å². The van der Waals surface area contributed by atoms with E-state index < -0.39 is 0 Å². The van der Waals surface area contributed by atoms with Crippen molar-refractivity contribution >= 4 is 34.3 Å². The molecule has 3 aromatic rings.